The second kappa shape index (κ2) is 8.22. The van der Waals surface area contributed by atoms with E-state index in [0.717, 1.165) is 37.9 Å². The third kappa shape index (κ3) is 4.34. The van der Waals surface area contributed by atoms with E-state index in [0.29, 0.717) is 44.0 Å². The molecule has 0 aromatic heterocycles. The molecule has 158 valence electrons. The highest BCUT2D eigenvalue weighted by Crippen LogP contribution is 2.39. The molecule has 1 spiro atoms. The minimum Gasteiger partial charge on any atom is -0.497 e. The SMILES string of the molecule is COc1cc(CC(=O)N2CC3(CC(CC(=O)N4CCCC4)CO3)C2)cc(OC)c1. The molecule has 3 aliphatic heterocycles. The topological polar surface area (TPSA) is 68.3 Å². The molecule has 3 heterocycles. The number of likely N-dealkylation sites (tertiary alicyclic amines) is 2. The molecule has 2 amide bonds. The van der Waals surface area contributed by atoms with Crippen molar-refractivity contribution in [2.45, 2.75) is 37.7 Å². The van der Waals surface area contributed by atoms with E-state index in [4.69, 9.17) is 14.2 Å². The van der Waals surface area contributed by atoms with Crippen LogP contribution in [-0.2, 0) is 20.7 Å². The first-order valence-corrected chi connectivity index (χ1v) is 10.4. The summed E-state index contributed by atoms with van der Waals surface area (Å²) in [7, 11) is 3.20. The van der Waals surface area contributed by atoms with Crippen molar-refractivity contribution in [2.24, 2.45) is 5.92 Å². The Morgan fingerprint density at radius 1 is 1.03 bits per heavy atom. The smallest absolute Gasteiger partial charge is 0.227 e. The number of amides is 2. The maximum Gasteiger partial charge on any atom is 0.227 e. The molecule has 0 saturated carbocycles. The molecule has 4 rings (SSSR count). The molecule has 0 aliphatic carbocycles. The van der Waals surface area contributed by atoms with Crippen LogP contribution in [-0.4, -0.2) is 74.2 Å². The summed E-state index contributed by atoms with van der Waals surface area (Å²) in [6, 6.07) is 5.52. The van der Waals surface area contributed by atoms with Crippen molar-refractivity contribution >= 4 is 11.8 Å². The first-order valence-electron chi connectivity index (χ1n) is 10.4. The highest BCUT2D eigenvalue weighted by atomic mass is 16.5. The molecule has 7 heteroatoms. The van der Waals surface area contributed by atoms with Crippen LogP contribution in [0.15, 0.2) is 18.2 Å². The lowest BCUT2D eigenvalue weighted by Gasteiger charge is -2.47. The Kier molecular flexibility index (Phi) is 5.67. The average Bonchev–Trinajstić information content (AvgIpc) is 3.36. The molecular weight excluding hydrogens is 372 g/mol. The largest absolute Gasteiger partial charge is 0.497 e. The molecule has 29 heavy (non-hydrogen) atoms. The van der Waals surface area contributed by atoms with Gasteiger partial charge in [0.05, 0.1) is 40.3 Å². The first kappa shape index (κ1) is 20.0. The number of carbonyl (C=O) groups excluding carboxylic acids is 2. The minimum absolute atomic E-state index is 0.0751. The molecule has 3 fully saturated rings. The summed E-state index contributed by atoms with van der Waals surface area (Å²) in [5.41, 5.74) is 0.617. The maximum absolute atomic E-state index is 12.7. The molecule has 1 unspecified atom stereocenters. The molecule has 0 bridgehead atoms. The van der Waals surface area contributed by atoms with Crippen LogP contribution in [0.3, 0.4) is 0 Å². The number of ether oxygens (including phenoxy) is 3. The van der Waals surface area contributed by atoms with Gasteiger partial charge in [0.15, 0.2) is 0 Å². The number of nitrogens with zero attached hydrogens (tertiary/aromatic N) is 2. The highest BCUT2D eigenvalue weighted by molar-refractivity contribution is 5.80. The third-order valence-corrected chi connectivity index (χ3v) is 6.29. The van der Waals surface area contributed by atoms with E-state index in [9.17, 15) is 9.59 Å². The zero-order valence-corrected chi connectivity index (χ0v) is 17.3. The lowest BCUT2D eigenvalue weighted by molar-refractivity contribution is -0.157. The summed E-state index contributed by atoms with van der Waals surface area (Å²) in [5.74, 6) is 1.95. The minimum atomic E-state index is -0.252. The predicted octanol–water partition coefficient (Wildman–Crippen LogP) is 1.88. The van der Waals surface area contributed by atoms with Gasteiger partial charge in [0, 0.05) is 25.6 Å². The van der Waals surface area contributed by atoms with Gasteiger partial charge in [-0.1, -0.05) is 0 Å². The number of methoxy groups -OCH3 is 2. The lowest BCUT2D eigenvalue weighted by Crippen LogP contribution is -2.63. The predicted molar refractivity (Wildman–Crippen MR) is 107 cm³/mol. The molecule has 1 aromatic carbocycles. The molecule has 0 radical (unpaired) electrons. The Hall–Kier alpha value is -2.28. The van der Waals surface area contributed by atoms with E-state index >= 15 is 0 Å². The maximum atomic E-state index is 12.7. The number of benzene rings is 1. The monoisotopic (exact) mass is 402 g/mol. The van der Waals surface area contributed by atoms with Crippen LogP contribution in [0.2, 0.25) is 0 Å². The zero-order valence-electron chi connectivity index (χ0n) is 17.3. The Labute approximate surface area is 171 Å². The number of hydrogen-bond donors (Lipinski definition) is 0. The zero-order chi connectivity index (χ0) is 20.4. The van der Waals surface area contributed by atoms with Crippen LogP contribution in [0.1, 0.15) is 31.2 Å². The van der Waals surface area contributed by atoms with Crippen molar-refractivity contribution in [1.29, 1.82) is 0 Å². The number of rotatable bonds is 6. The van der Waals surface area contributed by atoms with E-state index in [1.165, 1.54) is 0 Å². The molecule has 1 atom stereocenters. The Balaban J connectivity index is 1.27. The fourth-order valence-electron chi connectivity index (χ4n) is 4.71. The van der Waals surface area contributed by atoms with E-state index in [-0.39, 0.29) is 23.3 Å². The fourth-order valence-corrected chi connectivity index (χ4v) is 4.71. The van der Waals surface area contributed by atoms with Gasteiger partial charge in [-0.2, -0.15) is 0 Å². The third-order valence-electron chi connectivity index (χ3n) is 6.29. The van der Waals surface area contributed by atoms with Crippen LogP contribution in [0.4, 0.5) is 0 Å². The number of carbonyl (C=O) groups is 2. The fraction of sp³-hybridized carbons (Fsp3) is 0.636. The number of hydrogen-bond acceptors (Lipinski definition) is 5. The Bertz CT molecular complexity index is 746. The average molecular weight is 402 g/mol. The van der Waals surface area contributed by atoms with E-state index < -0.39 is 0 Å². The summed E-state index contributed by atoms with van der Waals surface area (Å²) in [5, 5.41) is 0. The van der Waals surface area contributed by atoms with Crippen molar-refractivity contribution in [3.63, 3.8) is 0 Å². The summed E-state index contributed by atoms with van der Waals surface area (Å²) < 4.78 is 16.6. The van der Waals surface area contributed by atoms with Gasteiger partial charge in [-0.05, 0) is 42.9 Å². The van der Waals surface area contributed by atoms with Crippen molar-refractivity contribution < 1.29 is 23.8 Å². The summed E-state index contributed by atoms with van der Waals surface area (Å²) in [6.45, 7) is 3.64. The summed E-state index contributed by atoms with van der Waals surface area (Å²) >= 11 is 0. The Morgan fingerprint density at radius 2 is 1.69 bits per heavy atom. The van der Waals surface area contributed by atoms with Gasteiger partial charge in [0.1, 0.15) is 17.1 Å². The van der Waals surface area contributed by atoms with Crippen LogP contribution in [0, 0.1) is 5.92 Å². The van der Waals surface area contributed by atoms with Crippen molar-refractivity contribution in [3.8, 4) is 11.5 Å². The van der Waals surface area contributed by atoms with E-state index in [1.54, 1.807) is 20.3 Å². The Morgan fingerprint density at radius 3 is 2.31 bits per heavy atom. The van der Waals surface area contributed by atoms with Gasteiger partial charge in [0.2, 0.25) is 11.8 Å². The van der Waals surface area contributed by atoms with Crippen molar-refractivity contribution in [1.82, 2.24) is 9.80 Å². The molecule has 3 saturated heterocycles. The van der Waals surface area contributed by atoms with Gasteiger partial charge in [-0.15, -0.1) is 0 Å². The molecule has 1 aromatic rings. The van der Waals surface area contributed by atoms with Crippen LogP contribution in [0.5, 0.6) is 11.5 Å². The van der Waals surface area contributed by atoms with Gasteiger partial charge >= 0.3 is 0 Å². The normalized spacial score (nSPS) is 22.6. The quantitative estimate of drug-likeness (QED) is 0.727. The van der Waals surface area contributed by atoms with Crippen LogP contribution in [0.25, 0.3) is 0 Å². The van der Waals surface area contributed by atoms with Gasteiger partial charge < -0.3 is 24.0 Å². The lowest BCUT2D eigenvalue weighted by atomic mass is 9.85. The summed E-state index contributed by atoms with van der Waals surface area (Å²) in [6.07, 6.45) is 3.98. The second-order valence-corrected chi connectivity index (χ2v) is 8.50. The molecule has 3 aliphatic rings. The summed E-state index contributed by atoms with van der Waals surface area (Å²) in [4.78, 5) is 28.9. The standard InChI is InChI=1S/C22H30N2O5/c1-27-18-7-16(8-19(11-18)28-2)9-21(26)24-14-22(15-24)12-17(13-29-22)10-20(25)23-5-3-4-6-23/h7-8,11,17H,3-6,9-10,12-15H2,1-2H3. The van der Waals surface area contributed by atoms with Gasteiger partial charge in [-0.25, -0.2) is 0 Å². The van der Waals surface area contributed by atoms with Crippen molar-refractivity contribution in [3.05, 3.63) is 23.8 Å². The highest BCUT2D eigenvalue weighted by Gasteiger charge is 2.51. The van der Waals surface area contributed by atoms with Crippen LogP contribution >= 0.6 is 0 Å². The van der Waals surface area contributed by atoms with Crippen LogP contribution < -0.4 is 9.47 Å². The molecular formula is C22H30N2O5. The molecule has 0 N–H and O–H groups in total. The van der Waals surface area contributed by atoms with Gasteiger partial charge in [-0.3, -0.25) is 9.59 Å². The van der Waals surface area contributed by atoms with Gasteiger partial charge in [0.25, 0.3) is 0 Å². The van der Waals surface area contributed by atoms with E-state index in [1.807, 2.05) is 21.9 Å². The molecule has 7 nitrogen and oxygen atoms in total. The van der Waals surface area contributed by atoms with E-state index in [2.05, 4.69) is 0 Å². The second-order valence-electron chi connectivity index (χ2n) is 8.50. The van der Waals surface area contributed by atoms with Crippen molar-refractivity contribution in [2.75, 3.05) is 47.0 Å². The first-order chi connectivity index (χ1) is 14.0.